The second-order valence-electron chi connectivity index (χ2n) is 5.73. The maximum Gasteiger partial charge on any atom is 0.270 e. The smallest absolute Gasteiger partial charge is 0.270 e. The summed E-state index contributed by atoms with van der Waals surface area (Å²) in [5.74, 6) is -1.85. The molecular formula is C19H18N4O5. The third kappa shape index (κ3) is 6.06. The number of carbonyl (C=O) groups is 3. The molecule has 0 bridgehead atoms. The average molecular weight is 382 g/mol. The van der Waals surface area contributed by atoms with Crippen molar-refractivity contribution in [2.24, 2.45) is 0 Å². The Morgan fingerprint density at radius 1 is 1.04 bits per heavy atom. The van der Waals surface area contributed by atoms with Crippen molar-refractivity contribution in [3.05, 3.63) is 81.9 Å². The first-order chi connectivity index (χ1) is 13.4. The molecule has 0 aliphatic carbocycles. The molecule has 1 atom stereocenters. The zero-order valence-electron chi connectivity index (χ0n) is 14.9. The first-order valence-electron chi connectivity index (χ1n) is 8.25. The van der Waals surface area contributed by atoms with E-state index >= 15 is 0 Å². The summed E-state index contributed by atoms with van der Waals surface area (Å²) in [5, 5.41) is 13.2. The predicted molar refractivity (Wildman–Crippen MR) is 102 cm³/mol. The van der Waals surface area contributed by atoms with Gasteiger partial charge < -0.3 is 5.32 Å². The molecule has 3 N–H and O–H groups in total. The molecule has 0 unspecified atom stereocenters. The zero-order valence-corrected chi connectivity index (χ0v) is 14.9. The number of non-ortho nitro benzene ring substituents is 1. The van der Waals surface area contributed by atoms with Gasteiger partial charge in [0.2, 0.25) is 5.91 Å². The molecule has 2 aromatic carbocycles. The molecule has 9 nitrogen and oxygen atoms in total. The minimum atomic E-state index is -0.918. The van der Waals surface area contributed by atoms with Gasteiger partial charge in [0.05, 0.1) is 4.92 Å². The molecule has 2 aromatic rings. The van der Waals surface area contributed by atoms with Crippen LogP contribution in [0.5, 0.6) is 0 Å². The Hall–Kier alpha value is -4.01. The van der Waals surface area contributed by atoms with Gasteiger partial charge in [0, 0.05) is 23.8 Å². The number of amides is 3. The highest BCUT2D eigenvalue weighted by Crippen LogP contribution is 2.12. The lowest BCUT2D eigenvalue weighted by atomic mass is 10.2. The quantitative estimate of drug-likeness (QED) is 0.397. The van der Waals surface area contributed by atoms with Gasteiger partial charge in [-0.25, -0.2) is 0 Å². The fourth-order valence-corrected chi connectivity index (χ4v) is 2.12. The number of rotatable bonds is 6. The van der Waals surface area contributed by atoms with E-state index in [2.05, 4.69) is 16.2 Å². The summed E-state index contributed by atoms with van der Waals surface area (Å²) in [4.78, 5) is 45.9. The normalized spacial score (nSPS) is 11.5. The average Bonchev–Trinajstić information content (AvgIpc) is 2.71. The van der Waals surface area contributed by atoms with E-state index in [9.17, 15) is 24.5 Å². The number of nitrogens with one attached hydrogen (secondary N) is 3. The number of hydrogen-bond donors (Lipinski definition) is 3. The molecule has 0 aliphatic heterocycles. The van der Waals surface area contributed by atoms with E-state index in [4.69, 9.17) is 0 Å². The maximum absolute atomic E-state index is 12.0. The molecule has 28 heavy (non-hydrogen) atoms. The van der Waals surface area contributed by atoms with Crippen molar-refractivity contribution in [3.8, 4) is 0 Å². The molecule has 0 heterocycles. The Bertz CT molecular complexity index is 912. The molecular weight excluding hydrogens is 364 g/mol. The van der Waals surface area contributed by atoms with Gasteiger partial charge in [0.25, 0.3) is 17.5 Å². The fourth-order valence-electron chi connectivity index (χ4n) is 2.12. The van der Waals surface area contributed by atoms with Crippen LogP contribution in [0.25, 0.3) is 6.08 Å². The third-order valence-electron chi connectivity index (χ3n) is 3.60. The molecule has 0 aliphatic rings. The van der Waals surface area contributed by atoms with Crippen molar-refractivity contribution in [3.63, 3.8) is 0 Å². The second-order valence-corrected chi connectivity index (χ2v) is 5.73. The molecule has 0 saturated heterocycles. The molecule has 3 amide bonds. The summed E-state index contributed by atoms with van der Waals surface area (Å²) in [6.45, 7) is 1.45. The summed E-state index contributed by atoms with van der Waals surface area (Å²) in [6, 6.07) is 13.3. The monoisotopic (exact) mass is 382 g/mol. The van der Waals surface area contributed by atoms with Crippen molar-refractivity contribution in [2.45, 2.75) is 13.0 Å². The van der Waals surface area contributed by atoms with Crippen LogP contribution in [0.15, 0.2) is 60.7 Å². The highest BCUT2D eigenvalue weighted by Gasteiger charge is 2.16. The molecule has 0 saturated carbocycles. The molecule has 0 fully saturated rings. The minimum Gasteiger partial charge on any atom is -0.341 e. The van der Waals surface area contributed by atoms with E-state index in [1.54, 1.807) is 6.08 Å². The van der Waals surface area contributed by atoms with Crippen LogP contribution in [0.3, 0.4) is 0 Å². The first kappa shape index (κ1) is 20.3. The molecule has 0 radical (unpaired) electrons. The lowest BCUT2D eigenvalue weighted by Crippen LogP contribution is -2.50. The summed E-state index contributed by atoms with van der Waals surface area (Å²) < 4.78 is 0. The Balaban J connectivity index is 1.84. The fraction of sp³-hybridized carbons (Fsp3) is 0.105. The van der Waals surface area contributed by atoms with Gasteiger partial charge >= 0.3 is 0 Å². The highest BCUT2D eigenvalue weighted by atomic mass is 16.6. The first-order valence-corrected chi connectivity index (χ1v) is 8.25. The topological polar surface area (TPSA) is 130 Å². The van der Waals surface area contributed by atoms with Crippen LogP contribution in [-0.4, -0.2) is 28.7 Å². The number of nitro groups is 1. The lowest BCUT2D eigenvalue weighted by molar-refractivity contribution is -0.384. The largest absolute Gasteiger partial charge is 0.341 e. The van der Waals surface area contributed by atoms with E-state index in [0.717, 1.165) is 11.6 Å². The standard InChI is InChI=1S/C19H18N4O5/c1-13(20-17(24)11-10-14-6-3-2-4-7-14)18(25)21-22-19(26)15-8-5-9-16(12-15)23(27)28/h2-13H,1H3,(H,20,24)(H,21,25)(H,22,26)/b11-10+/t13-/m0/s1. The number of hydrogen-bond acceptors (Lipinski definition) is 5. The molecule has 2 rings (SSSR count). The third-order valence-corrected chi connectivity index (χ3v) is 3.60. The lowest BCUT2D eigenvalue weighted by Gasteiger charge is -2.13. The Kier molecular flexibility index (Phi) is 6.98. The SMILES string of the molecule is C[C@H](NC(=O)/C=C/c1ccccc1)C(=O)NNC(=O)c1cccc([N+](=O)[O-])c1. The van der Waals surface area contributed by atoms with Crippen molar-refractivity contribution < 1.29 is 19.3 Å². The van der Waals surface area contributed by atoms with E-state index < -0.39 is 28.7 Å². The number of hydrazine groups is 1. The second kappa shape index (κ2) is 9.62. The Morgan fingerprint density at radius 2 is 1.75 bits per heavy atom. The summed E-state index contributed by atoms with van der Waals surface area (Å²) >= 11 is 0. The van der Waals surface area contributed by atoms with Crippen LogP contribution in [0.2, 0.25) is 0 Å². The van der Waals surface area contributed by atoms with Crippen molar-refractivity contribution in [2.75, 3.05) is 0 Å². The molecule has 144 valence electrons. The zero-order chi connectivity index (χ0) is 20.5. The van der Waals surface area contributed by atoms with E-state index in [0.29, 0.717) is 0 Å². The van der Waals surface area contributed by atoms with Gasteiger partial charge in [0.1, 0.15) is 6.04 Å². The van der Waals surface area contributed by atoms with Crippen LogP contribution in [0, 0.1) is 10.1 Å². The number of carbonyl (C=O) groups excluding carboxylic acids is 3. The summed E-state index contributed by atoms with van der Waals surface area (Å²) in [7, 11) is 0. The van der Waals surface area contributed by atoms with Crippen LogP contribution >= 0.6 is 0 Å². The summed E-state index contributed by atoms with van der Waals surface area (Å²) in [5.41, 5.74) is 4.91. The maximum atomic E-state index is 12.0. The number of nitro benzene ring substituents is 1. The van der Waals surface area contributed by atoms with Crippen LogP contribution in [-0.2, 0) is 9.59 Å². The van der Waals surface area contributed by atoms with E-state index in [1.807, 2.05) is 30.3 Å². The van der Waals surface area contributed by atoms with Crippen LogP contribution < -0.4 is 16.2 Å². The Morgan fingerprint density at radius 3 is 2.43 bits per heavy atom. The number of nitrogens with zero attached hydrogens (tertiary/aromatic N) is 1. The van der Waals surface area contributed by atoms with Crippen LogP contribution in [0.4, 0.5) is 5.69 Å². The van der Waals surface area contributed by atoms with Gasteiger partial charge in [0.15, 0.2) is 0 Å². The van der Waals surface area contributed by atoms with Gasteiger partial charge in [-0.1, -0.05) is 36.4 Å². The van der Waals surface area contributed by atoms with Crippen molar-refractivity contribution in [1.29, 1.82) is 0 Å². The number of benzene rings is 2. The predicted octanol–water partition coefficient (Wildman–Crippen LogP) is 1.57. The molecule has 0 aromatic heterocycles. The van der Waals surface area contributed by atoms with Crippen molar-refractivity contribution >= 4 is 29.5 Å². The van der Waals surface area contributed by atoms with E-state index in [-0.39, 0.29) is 11.3 Å². The van der Waals surface area contributed by atoms with Gasteiger partial charge in [-0.05, 0) is 24.6 Å². The highest BCUT2D eigenvalue weighted by molar-refractivity contribution is 5.98. The summed E-state index contributed by atoms with van der Waals surface area (Å²) in [6.07, 6.45) is 2.89. The van der Waals surface area contributed by atoms with Gasteiger partial charge in [-0.2, -0.15) is 0 Å². The van der Waals surface area contributed by atoms with Crippen molar-refractivity contribution in [1.82, 2.24) is 16.2 Å². The van der Waals surface area contributed by atoms with Gasteiger partial charge in [-0.3, -0.25) is 35.3 Å². The van der Waals surface area contributed by atoms with Crippen LogP contribution in [0.1, 0.15) is 22.8 Å². The molecule has 0 spiro atoms. The molecule has 9 heteroatoms. The van der Waals surface area contributed by atoms with E-state index in [1.165, 1.54) is 31.2 Å². The Labute approximate surface area is 160 Å². The minimum absolute atomic E-state index is 0.0111. The van der Waals surface area contributed by atoms with Gasteiger partial charge in [-0.15, -0.1) is 0 Å².